The zero-order chi connectivity index (χ0) is 18.8. The minimum atomic E-state index is -2.99. The lowest BCUT2D eigenvalue weighted by Crippen LogP contribution is -2.22. The highest BCUT2D eigenvalue weighted by Crippen LogP contribution is 2.81. The van der Waals surface area contributed by atoms with Gasteiger partial charge in [0.1, 0.15) is 0 Å². The Kier molecular flexibility index (Phi) is 6.70. The van der Waals surface area contributed by atoms with Crippen LogP contribution in [0.2, 0.25) is 0 Å². The van der Waals surface area contributed by atoms with Crippen LogP contribution in [-0.2, 0) is 0 Å². The minimum Gasteiger partial charge on any atom is -0.253 e. The van der Waals surface area contributed by atoms with Gasteiger partial charge in [-0.15, -0.1) is 0 Å². The first-order chi connectivity index (χ1) is 11.0. The maximum atomic E-state index is 9.11. The molecular formula is C8H24N13P3. The number of azide groups is 2. The molecule has 0 N–H and O–H groups in total. The molecule has 0 aliphatic carbocycles. The summed E-state index contributed by atoms with van der Waals surface area (Å²) in [6.07, 6.45) is 0. The second-order valence-electron chi connectivity index (χ2n) is 5.62. The highest BCUT2D eigenvalue weighted by molar-refractivity contribution is 7.83. The van der Waals surface area contributed by atoms with E-state index in [4.69, 9.17) is 20.1 Å². The first-order valence-corrected chi connectivity index (χ1v) is 11.6. The molecule has 2 unspecified atom stereocenters. The molecule has 0 radical (unpaired) electrons. The first-order valence-electron chi connectivity index (χ1n) is 6.78. The van der Waals surface area contributed by atoms with Gasteiger partial charge in [0.2, 0.25) is 22.5 Å². The highest BCUT2D eigenvalue weighted by Gasteiger charge is 2.41. The fourth-order valence-electron chi connectivity index (χ4n) is 1.87. The van der Waals surface area contributed by atoms with Crippen LogP contribution in [0.15, 0.2) is 23.3 Å². The molecule has 0 amide bonds. The van der Waals surface area contributed by atoms with E-state index in [9.17, 15) is 0 Å². The minimum absolute atomic E-state index is 1.70. The van der Waals surface area contributed by atoms with Gasteiger partial charge < -0.3 is 0 Å². The van der Waals surface area contributed by atoms with Crippen molar-refractivity contribution in [2.45, 2.75) is 0 Å². The molecule has 136 valence electrons. The van der Waals surface area contributed by atoms with Gasteiger partial charge in [-0.2, -0.15) is 9.03 Å². The Hall–Kier alpha value is -0.850. The molecule has 1 rings (SSSR count). The van der Waals surface area contributed by atoms with Crippen molar-refractivity contribution in [1.29, 1.82) is 0 Å². The summed E-state index contributed by atoms with van der Waals surface area (Å²) < 4.78 is 21.6. The highest BCUT2D eigenvalue weighted by atomic mass is 31.3. The molecule has 13 nitrogen and oxygen atoms in total. The number of rotatable bonds is 6. The summed E-state index contributed by atoms with van der Waals surface area (Å²) >= 11 is 0. The molecule has 0 aromatic heterocycles. The second-order valence-corrected chi connectivity index (χ2v) is 14.5. The summed E-state index contributed by atoms with van der Waals surface area (Å²) in [5.74, 6) is 0. The average Bonchev–Trinajstić information content (AvgIpc) is 2.46. The first kappa shape index (κ1) is 21.2. The van der Waals surface area contributed by atoms with E-state index >= 15 is 0 Å². The maximum Gasteiger partial charge on any atom is 0.236 e. The van der Waals surface area contributed by atoms with Gasteiger partial charge >= 0.3 is 0 Å². The maximum absolute atomic E-state index is 9.11. The van der Waals surface area contributed by atoms with Gasteiger partial charge in [0.05, 0.1) is 0 Å². The molecule has 0 saturated heterocycles. The predicted molar refractivity (Wildman–Crippen MR) is 101 cm³/mol. The van der Waals surface area contributed by atoms with E-state index in [1.807, 2.05) is 37.5 Å². The molecule has 16 heteroatoms. The molecule has 1 aliphatic rings. The normalized spacial score (nSPS) is 28.7. The molecule has 2 atom stereocenters. The van der Waals surface area contributed by atoms with Gasteiger partial charge in [0.25, 0.3) is 0 Å². The van der Waals surface area contributed by atoms with Crippen LogP contribution in [0.5, 0.6) is 0 Å². The van der Waals surface area contributed by atoms with E-state index in [-0.39, 0.29) is 0 Å². The van der Waals surface area contributed by atoms with Crippen LogP contribution in [0.4, 0.5) is 0 Å². The van der Waals surface area contributed by atoms with Crippen molar-refractivity contribution < 1.29 is 0 Å². The third-order valence-electron chi connectivity index (χ3n) is 3.19. The van der Waals surface area contributed by atoms with Crippen molar-refractivity contribution in [2.24, 2.45) is 23.3 Å². The summed E-state index contributed by atoms with van der Waals surface area (Å²) in [6, 6.07) is 0. The van der Waals surface area contributed by atoms with Crippen molar-refractivity contribution in [1.82, 2.24) is 18.7 Å². The largest absolute Gasteiger partial charge is 0.253 e. The fraction of sp³-hybridized carbons (Fsp3) is 1.00. The van der Waals surface area contributed by atoms with Crippen molar-refractivity contribution in [3.05, 3.63) is 20.9 Å². The zero-order valence-corrected chi connectivity index (χ0v) is 17.8. The van der Waals surface area contributed by atoms with Crippen molar-refractivity contribution >= 4 is 22.5 Å². The van der Waals surface area contributed by atoms with E-state index < -0.39 is 22.5 Å². The standard InChI is InChI=1S/C8H24N13P3/c1-18(2)22(13-11-9)15-23(14-12-10,19(3)4)17-24(16-22,20(5)6)21(7)8/h1-8H3. The van der Waals surface area contributed by atoms with Crippen LogP contribution in [0.25, 0.3) is 20.9 Å². The molecule has 0 aromatic rings. The number of nitrogens with zero attached hydrogens (tertiary/aromatic N) is 13. The topological polar surface area (TPSA) is 148 Å². The Morgan fingerprint density at radius 1 is 0.625 bits per heavy atom. The molecule has 24 heavy (non-hydrogen) atoms. The lowest BCUT2D eigenvalue weighted by atomic mass is 11.3. The molecule has 0 spiro atoms. The van der Waals surface area contributed by atoms with Crippen LogP contribution in [-0.4, -0.2) is 75.1 Å². The Morgan fingerprint density at radius 3 is 1.29 bits per heavy atom. The Labute approximate surface area is 142 Å². The SMILES string of the molecule is CN(C)P1(N=[N+]=[N-])=NP(N=[N+]=[N-])(N(C)C)=NP(N(C)C)(N(C)C)=N1. The van der Waals surface area contributed by atoms with Gasteiger partial charge in [-0.05, 0) is 77.2 Å². The fourth-order valence-corrected chi connectivity index (χ4v) is 14.1. The lowest BCUT2D eigenvalue weighted by molar-refractivity contribution is 0.559. The Morgan fingerprint density at radius 2 is 1.00 bits per heavy atom. The van der Waals surface area contributed by atoms with Crippen molar-refractivity contribution in [3.63, 3.8) is 0 Å². The molecule has 1 heterocycles. The van der Waals surface area contributed by atoms with E-state index in [1.165, 1.54) is 0 Å². The third kappa shape index (κ3) is 3.55. The van der Waals surface area contributed by atoms with E-state index in [0.717, 1.165) is 0 Å². The lowest BCUT2D eigenvalue weighted by Gasteiger charge is -2.41. The number of hydrogen-bond donors (Lipinski definition) is 0. The second kappa shape index (κ2) is 7.58. The van der Waals surface area contributed by atoms with Crippen LogP contribution in [0, 0.1) is 0 Å². The van der Waals surface area contributed by atoms with Crippen LogP contribution in [0.1, 0.15) is 0 Å². The summed E-state index contributed by atoms with van der Waals surface area (Å²) in [4.78, 5) is 13.8. The van der Waals surface area contributed by atoms with Crippen molar-refractivity contribution in [3.8, 4) is 0 Å². The molecule has 0 saturated carbocycles. The number of hydrogen-bond acceptors (Lipinski definition) is 9. The van der Waals surface area contributed by atoms with E-state index in [1.54, 1.807) is 37.5 Å². The molecule has 1 aliphatic heterocycles. The van der Waals surface area contributed by atoms with Gasteiger partial charge in [0, 0.05) is 9.82 Å². The van der Waals surface area contributed by atoms with Crippen LogP contribution < -0.4 is 0 Å². The average molecular weight is 395 g/mol. The van der Waals surface area contributed by atoms with Gasteiger partial charge in [-0.1, -0.05) is 0 Å². The van der Waals surface area contributed by atoms with E-state index in [0.29, 0.717) is 0 Å². The summed E-state index contributed by atoms with van der Waals surface area (Å²) in [6.45, 7) is 0. The van der Waals surface area contributed by atoms with Crippen LogP contribution >= 0.6 is 22.5 Å². The van der Waals surface area contributed by atoms with E-state index in [2.05, 4.69) is 24.1 Å². The monoisotopic (exact) mass is 395 g/mol. The Balaban J connectivity index is 4.24. The van der Waals surface area contributed by atoms with Gasteiger partial charge in [-0.25, -0.2) is 13.9 Å². The summed E-state index contributed by atoms with van der Waals surface area (Å²) in [5.41, 5.74) is 18.2. The molecule has 0 fully saturated rings. The molecule has 0 bridgehead atoms. The van der Waals surface area contributed by atoms with Gasteiger partial charge in [0.15, 0.2) is 0 Å². The van der Waals surface area contributed by atoms with Gasteiger partial charge in [-0.3, -0.25) is 9.34 Å². The molecule has 0 aromatic carbocycles. The van der Waals surface area contributed by atoms with Crippen molar-refractivity contribution in [2.75, 3.05) is 56.4 Å². The summed E-state index contributed by atoms with van der Waals surface area (Å²) in [5, 5.41) is 0. The van der Waals surface area contributed by atoms with Crippen LogP contribution in [0.3, 0.4) is 0 Å². The Bertz CT molecular complexity index is 708. The molecular weight excluding hydrogens is 371 g/mol. The summed E-state index contributed by atoms with van der Waals surface area (Å²) in [7, 11) is 5.81. The predicted octanol–water partition coefficient (Wildman–Crippen LogP) is 4.71. The smallest absolute Gasteiger partial charge is 0.236 e. The zero-order valence-electron chi connectivity index (χ0n) is 15.2. The quantitative estimate of drug-likeness (QED) is 0.277. The third-order valence-corrected chi connectivity index (χ3v) is 13.9.